The normalized spacial score (nSPS) is 15.0. The summed E-state index contributed by atoms with van der Waals surface area (Å²) in [5.74, 6) is 1.10. The molecule has 8 heteroatoms. The minimum absolute atomic E-state index is 0.00614. The Balaban J connectivity index is 1.84. The van der Waals surface area contributed by atoms with E-state index < -0.39 is 11.4 Å². The highest BCUT2D eigenvalue weighted by molar-refractivity contribution is 6.31. The molecule has 0 aliphatic carbocycles. The quantitative estimate of drug-likeness (QED) is 0.685. The van der Waals surface area contributed by atoms with Gasteiger partial charge in [0.15, 0.2) is 0 Å². The van der Waals surface area contributed by atoms with Gasteiger partial charge in [-0.2, -0.15) is 0 Å². The number of carbonyl (C=O) groups is 2. The molecule has 30 heavy (non-hydrogen) atoms. The number of methoxy groups -OCH3 is 1. The number of nitrogens with zero attached hydrogens (tertiary/aromatic N) is 1. The fraction of sp³-hybridized carbons (Fsp3) is 0.364. The molecule has 0 aromatic heterocycles. The molecule has 1 aliphatic heterocycles. The molecule has 0 saturated carbocycles. The van der Waals surface area contributed by atoms with Crippen LogP contribution in [0.5, 0.6) is 11.5 Å². The van der Waals surface area contributed by atoms with Crippen molar-refractivity contribution in [3.63, 3.8) is 0 Å². The van der Waals surface area contributed by atoms with Gasteiger partial charge in [0.1, 0.15) is 18.1 Å². The first-order valence-corrected chi connectivity index (χ1v) is 10.1. The van der Waals surface area contributed by atoms with Crippen LogP contribution in [0.1, 0.15) is 27.2 Å². The van der Waals surface area contributed by atoms with E-state index in [1.807, 2.05) is 20.8 Å². The standard InChI is InChI=1S/C22H26ClN3O4/c1-5-10-26-17-12-15(7-9-19(17)30-13-22(2,3)20(26)27)24-21(28)25-16-11-14(23)6-8-18(16)29-4/h6-9,11-12H,5,10,13H2,1-4H3,(H2,24,25,28). The molecule has 1 heterocycles. The van der Waals surface area contributed by atoms with Crippen molar-refractivity contribution in [3.05, 3.63) is 41.4 Å². The molecule has 0 bridgehead atoms. The van der Waals surface area contributed by atoms with Crippen LogP contribution in [-0.4, -0.2) is 32.2 Å². The van der Waals surface area contributed by atoms with E-state index in [0.29, 0.717) is 46.7 Å². The number of hydrogen-bond acceptors (Lipinski definition) is 4. The molecule has 0 radical (unpaired) electrons. The van der Waals surface area contributed by atoms with E-state index >= 15 is 0 Å². The fourth-order valence-electron chi connectivity index (χ4n) is 3.23. The second-order valence-corrected chi connectivity index (χ2v) is 8.17. The van der Waals surface area contributed by atoms with Crippen molar-refractivity contribution in [1.82, 2.24) is 0 Å². The molecule has 2 aromatic rings. The van der Waals surface area contributed by atoms with E-state index in [1.165, 1.54) is 7.11 Å². The van der Waals surface area contributed by atoms with E-state index in [2.05, 4.69) is 10.6 Å². The molecule has 2 N–H and O–H groups in total. The summed E-state index contributed by atoms with van der Waals surface area (Å²) in [6.07, 6.45) is 0.800. The largest absolute Gasteiger partial charge is 0.495 e. The van der Waals surface area contributed by atoms with Crippen molar-refractivity contribution < 1.29 is 19.1 Å². The number of nitrogens with one attached hydrogen (secondary N) is 2. The summed E-state index contributed by atoms with van der Waals surface area (Å²) in [6, 6.07) is 9.75. The first-order valence-electron chi connectivity index (χ1n) is 9.75. The number of hydrogen-bond donors (Lipinski definition) is 2. The maximum absolute atomic E-state index is 13.0. The van der Waals surface area contributed by atoms with Gasteiger partial charge in [0.2, 0.25) is 5.91 Å². The average Bonchev–Trinajstić information content (AvgIpc) is 2.78. The summed E-state index contributed by atoms with van der Waals surface area (Å²) < 4.78 is 11.1. The number of amides is 3. The third kappa shape index (κ3) is 4.62. The van der Waals surface area contributed by atoms with Crippen LogP contribution in [0, 0.1) is 5.41 Å². The van der Waals surface area contributed by atoms with Gasteiger partial charge in [-0.1, -0.05) is 18.5 Å². The van der Waals surface area contributed by atoms with Crippen LogP contribution in [0.4, 0.5) is 21.9 Å². The molecule has 1 aliphatic rings. The zero-order valence-corrected chi connectivity index (χ0v) is 18.3. The van der Waals surface area contributed by atoms with E-state index in [0.717, 1.165) is 6.42 Å². The topological polar surface area (TPSA) is 79.9 Å². The maximum atomic E-state index is 13.0. The summed E-state index contributed by atoms with van der Waals surface area (Å²) >= 11 is 6.02. The van der Waals surface area contributed by atoms with Gasteiger partial charge in [0, 0.05) is 17.3 Å². The lowest BCUT2D eigenvalue weighted by Gasteiger charge is -2.27. The van der Waals surface area contributed by atoms with Gasteiger partial charge >= 0.3 is 6.03 Å². The average molecular weight is 432 g/mol. The van der Waals surface area contributed by atoms with Crippen molar-refractivity contribution in [2.24, 2.45) is 5.41 Å². The highest BCUT2D eigenvalue weighted by atomic mass is 35.5. The van der Waals surface area contributed by atoms with Crippen molar-refractivity contribution >= 4 is 40.6 Å². The van der Waals surface area contributed by atoms with Crippen molar-refractivity contribution in [2.45, 2.75) is 27.2 Å². The third-order valence-corrected chi connectivity index (χ3v) is 5.01. The van der Waals surface area contributed by atoms with Gasteiger partial charge in [-0.05, 0) is 56.7 Å². The molecule has 160 valence electrons. The van der Waals surface area contributed by atoms with Crippen LogP contribution in [0.3, 0.4) is 0 Å². The number of ether oxygens (including phenoxy) is 2. The van der Waals surface area contributed by atoms with Crippen LogP contribution >= 0.6 is 11.6 Å². The van der Waals surface area contributed by atoms with Gasteiger partial charge in [0.25, 0.3) is 0 Å². The molecule has 0 fully saturated rings. The van der Waals surface area contributed by atoms with Gasteiger partial charge in [0.05, 0.1) is 23.9 Å². The zero-order chi connectivity index (χ0) is 21.9. The minimum Gasteiger partial charge on any atom is -0.495 e. The van der Waals surface area contributed by atoms with E-state index in [-0.39, 0.29) is 5.91 Å². The molecular formula is C22H26ClN3O4. The summed E-state index contributed by atoms with van der Waals surface area (Å²) in [5.41, 5.74) is 0.989. The number of urea groups is 1. The maximum Gasteiger partial charge on any atom is 0.323 e. The van der Waals surface area contributed by atoms with E-state index in [4.69, 9.17) is 21.1 Å². The van der Waals surface area contributed by atoms with Gasteiger partial charge in [-0.25, -0.2) is 4.79 Å². The molecular weight excluding hydrogens is 406 g/mol. The molecule has 3 amide bonds. The number of rotatable bonds is 5. The van der Waals surface area contributed by atoms with Crippen LogP contribution in [0.15, 0.2) is 36.4 Å². The molecule has 3 rings (SSSR count). The van der Waals surface area contributed by atoms with Gasteiger partial charge < -0.3 is 25.0 Å². The van der Waals surface area contributed by atoms with Crippen LogP contribution in [0.2, 0.25) is 5.02 Å². The predicted octanol–water partition coefficient (Wildman–Crippen LogP) is 5.15. The van der Waals surface area contributed by atoms with E-state index in [1.54, 1.807) is 41.3 Å². The summed E-state index contributed by atoms with van der Waals surface area (Å²) in [5, 5.41) is 5.99. The number of benzene rings is 2. The van der Waals surface area contributed by atoms with Crippen LogP contribution in [0.25, 0.3) is 0 Å². The Hall–Kier alpha value is -2.93. The van der Waals surface area contributed by atoms with Crippen LogP contribution in [-0.2, 0) is 4.79 Å². The lowest BCUT2D eigenvalue weighted by molar-refractivity contribution is -0.127. The third-order valence-electron chi connectivity index (χ3n) is 4.78. The lowest BCUT2D eigenvalue weighted by atomic mass is 9.93. The monoisotopic (exact) mass is 431 g/mol. The van der Waals surface area contributed by atoms with Crippen LogP contribution < -0.4 is 25.0 Å². The number of carbonyl (C=O) groups excluding carboxylic acids is 2. The lowest BCUT2D eigenvalue weighted by Crippen LogP contribution is -2.42. The number of fused-ring (bicyclic) bond motifs is 1. The summed E-state index contributed by atoms with van der Waals surface area (Å²) in [7, 11) is 1.51. The molecule has 2 aromatic carbocycles. The Morgan fingerprint density at radius 3 is 2.70 bits per heavy atom. The Bertz CT molecular complexity index is 961. The number of anilines is 3. The smallest absolute Gasteiger partial charge is 0.323 e. The summed E-state index contributed by atoms with van der Waals surface area (Å²) in [4.78, 5) is 27.3. The first kappa shape index (κ1) is 21.8. The van der Waals surface area contributed by atoms with Gasteiger partial charge in [-0.3, -0.25) is 4.79 Å². The predicted molar refractivity (Wildman–Crippen MR) is 119 cm³/mol. The van der Waals surface area contributed by atoms with Crippen molar-refractivity contribution in [1.29, 1.82) is 0 Å². The van der Waals surface area contributed by atoms with Gasteiger partial charge in [-0.15, -0.1) is 0 Å². The Kier molecular flexibility index (Phi) is 6.41. The highest BCUT2D eigenvalue weighted by Gasteiger charge is 2.37. The fourth-order valence-corrected chi connectivity index (χ4v) is 3.40. The Morgan fingerprint density at radius 2 is 2.00 bits per heavy atom. The Morgan fingerprint density at radius 1 is 1.23 bits per heavy atom. The molecule has 0 saturated heterocycles. The summed E-state index contributed by atoms with van der Waals surface area (Å²) in [6.45, 7) is 6.61. The van der Waals surface area contributed by atoms with Crippen molar-refractivity contribution in [2.75, 3.05) is 35.8 Å². The zero-order valence-electron chi connectivity index (χ0n) is 17.5. The van der Waals surface area contributed by atoms with Crippen molar-refractivity contribution in [3.8, 4) is 11.5 Å². The number of halogens is 1. The molecule has 0 spiro atoms. The SMILES string of the molecule is CCCN1C(=O)C(C)(C)COc2ccc(NC(=O)Nc3cc(Cl)ccc3OC)cc21. The molecule has 7 nitrogen and oxygen atoms in total. The highest BCUT2D eigenvalue weighted by Crippen LogP contribution is 2.38. The first-order chi connectivity index (χ1) is 14.2. The molecule has 0 unspecified atom stereocenters. The minimum atomic E-state index is -0.637. The van der Waals surface area contributed by atoms with E-state index in [9.17, 15) is 9.59 Å². The Labute approximate surface area is 181 Å². The molecule has 0 atom stereocenters. The second-order valence-electron chi connectivity index (χ2n) is 7.74. The second kappa shape index (κ2) is 8.83.